The topological polar surface area (TPSA) is 35.5 Å². The first-order chi connectivity index (χ1) is 7.90. The molecule has 1 aromatic rings. The van der Waals surface area contributed by atoms with Gasteiger partial charge >= 0.3 is 5.97 Å². The van der Waals surface area contributed by atoms with Crippen molar-refractivity contribution >= 4 is 5.97 Å². The highest BCUT2D eigenvalue weighted by Crippen LogP contribution is 2.24. The quantitative estimate of drug-likeness (QED) is 0.754. The lowest BCUT2D eigenvalue weighted by Gasteiger charge is -2.13. The zero-order valence-electron chi connectivity index (χ0n) is 11.2. The Morgan fingerprint density at radius 2 is 1.71 bits per heavy atom. The molecule has 0 saturated carbocycles. The fraction of sp³-hybridized carbons (Fsp3) is 0.500. The SMILES string of the molecule is Cc1cc(C)c(OCC(=O)OC(C)C)c(C)c1. The molecule has 0 atom stereocenters. The highest BCUT2D eigenvalue weighted by Gasteiger charge is 2.10. The molecule has 1 aromatic carbocycles. The van der Waals surface area contributed by atoms with E-state index in [1.165, 1.54) is 5.56 Å². The van der Waals surface area contributed by atoms with E-state index in [2.05, 4.69) is 0 Å². The maximum Gasteiger partial charge on any atom is 0.344 e. The fourth-order valence-electron chi connectivity index (χ4n) is 1.82. The third-order valence-electron chi connectivity index (χ3n) is 2.31. The highest BCUT2D eigenvalue weighted by atomic mass is 16.6. The summed E-state index contributed by atoms with van der Waals surface area (Å²) in [7, 11) is 0. The van der Waals surface area contributed by atoms with Crippen LogP contribution in [-0.4, -0.2) is 18.7 Å². The molecular weight excluding hydrogens is 216 g/mol. The molecule has 0 spiro atoms. The van der Waals surface area contributed by atoms with Gasteiger partial charge in [-0.25, -0.2) is 4.79 Å². The van der Waals surface area contributed by atoms with Gasteiger partial charge in [0.1, 0.15) is 5.75 Å². The van der Waals surface area contributed by atoms with Gasteiger partial charge in [0.2, 0.25) is 0 Å². The van der Waals surface area contributed by atoms with Gasteiger partial charge in [-0.3, -0.25) is 0 Å². The number of carbonyl (C=O) groups excluding carboxylic acids is 1. The van der Waals surface area contributed by atoms with Crippen molar-refractivity contribution in [1.82, 2.24) is 0 Å². The van der Waals surface area contributed by atoms with E-state index in [9.17, 15) is 4.79 Å². The van der Waals surface area contributed by atoms with E-state index in [0.29, 0.717) is 0 Å². The molecule has 0 aliphatic heterocycles. The molecular formula is C14H20O3. The molecule has 0 radical (unpaired) electrons. The number of rotatable bonds is 4. The maximum atomic E-state index is 11.4. The van der Waals surface area contributed by atoms with Crippen LogP contribution in [0.1, 0.15) is 30.5 Å². The molecule has 0 N–H and O–H groups in total. The minimum absolute atomic E-state index is 0.0388. The highest BCUT2D eigenvalue weighted by molar-refractivity contribution is 5.71. The lowest BCUT2D eigenvalue weighted by molar-refractivity contribution is -0.149. The minimum atomic E-state index is -0.334. The molecule has 0 aliphatic carbocycles. The van der Waals surface area contributed by atoms with E-state index in [0.717, 1.165) is 16.9 Å². The van der Waals surface area contributed by atoms with Crippen LogP contribution in [-0.2, 0) is 9.53 Å². The van der Waals surface area contributed by atoms with Gasteiger partial charge in [0.15, 0.2) is 6.61 Å². The molecule has 0 saturated heterocycles. The Kier molecular flexibility index (Phi) is 4.55. The summed E-state index contributed by atoms with van der Waals surface area (Å²) in [6, 6.07) is 4.08. The molecule has 0 bridgehead atoms. The first-order valence-electron chi connectivity index (χ1n) is 5.80. The predicted octanol–water partition coefficient (Wildman–Crippen LogP) is 2.94. The second-order valence-electron chi connectivity index (χ2n) is 4.56. The van der Waals surface area contributed by atoms with Crippen molar-refractivity contribution in [2.45, 2.75) is 40.7 Å². The van der Waals surface area contributed by atoms with Gasteiger partial charge in [-0.2, -0.15) is 0 Å². The average molecular weight is 236 g/mol. The van der Waals surface area contributed by atoms with Gasteiger partial charge in [0.25, 0.3) is 0 Å². The summed E-state index contributed by atoms with van der Waals surface area (Å²) in [6.45, 7) is 9.59. The normalized spacial score (nSPS) is 10.5. The third-order valence-corrected chi connectivity index (χ3v) is 2.31. The summed E-state index contributed by atoms with van der Waals surface area (Å²) >= 11 is 0. The Labute approximate surface area is 103 Å². The molecule has 3 heteroatoms. The number of ether oxygens (including phenoxy) is 2. The Morgan fingerprint density at radius 3 is 2.18 bits per heavy atom. The van der Waals surface area contributed by atoms with Crippen molar-refractivity contribution in [3.63, 3.8) is 0 Å². The average Bonchev–Trinajstić information content (AvgIpc) is 2.14. The fourth-order valence-corrected chi connectivity index (χ4v) is 1.82. The van der Waals surface area contributed by atoms with Crippen LogP contribution in [0.3, 0.4) is 0 Å². The van der Waals surface area contributed by atoms with Gasteiger partial charge in [-0.15, -0.1) is 0 Å². The summed E-state index contributed by atoms with van der Waals surface area (Å²) in [4.78, 5) is 11.4. The van der Waals surface area contributed by atoms with Gasteiger partial charge in [0.05, 0.1) is 6.10 Å². The van der Waals surface area contributed by atoms with Crippen LogP contribution in [0.5, 0.6) is 5.75 Å². The summed E-state index contributed by atoms with van der Waals surface area (Å²) in [6.07, 6.45) is -0.105. The predicted molar refractivity (Wildman–Crippen MR) is 67.4 cm³/mol. The smallest absolute Gasteiger partial charge is 0.344 e. The maximum absolute atomic E-state index is 11.4. The van der Waals surface area contributed by atoms with Crippen LogP contribution in [0.25, 0.3) is 0 Å². The standard InChI is InChI=1S/C14H20O3/c1-9(2)17-13(15)8-16-14-11(4)6-10(3)7-12(14)5/h6-7,9H,8H2,1-5H3. The Balaban J connectivity index is 2.67. The van der Waals surface area contributed by atoms with Crippen LogP contribution >= 0.6 is 0 Å². The second kappa shape index (κ2) is 5.71. The number of hydrogen-bond donors (Lipinski definition) is 0. The second-order valence-corrected chi connectivity index (χ2v) is 4.56. The van der Waals surface area contributed by atoms with Crippen molar-refractivity contribution in [1.29, 1.82) is 0 Å². The van der Waals surface area contributed by atoms with Crippen molar-refractivity contribution in [3.05, 3.63) is 28.8 Å². The van der Waals surface area contributed by atoms with Crippen LogP contribution in [0.2, 0.25) is 0 Å². The molecule has 0 amide bonds. The minimum Gasteiger partial charge on any atom is -0.481 e. The first-order valence-corrected chi connectivity index (χ1v) is 5.80. The number of benzene rings is 1. The summed E-state index contributed by atoms with van der Waals surface area (Å²) < 4.78 is 10.5. The van der Waals surface area contributed by atoms with Crippen LogP contribution in [0.4, 0.5) is 0 Å². The molecule has 94 valence electrons. The van der Waals surface area contributed by atoms with Crippen molar-refractivity contribution in [3.8, 4) is 5.75 Å². The van der Waals surface area contributed by atoms with Gasteiger partial charge in [-0.05, 0) is 45.7 Å². The molecule has 0 unspecified atom stereocenters. The molecule has 1 rings (SSSR count). The van der Waals surface area contributed by atoms with Gasteiger partial charge < -0.3 is 9.47 Å². The molecule has 0 heterocycles. The van der Waals surface area contributed by atoms with Crippen molar-refractivity contribution in [2.75, 3.05) is 6.61 Å². The first kappa shape index (κ1) is 13.6. The molecule has 0 aliphatic rings. The van der Waals surface area contributed by atoms with Crippen molar-refractivity contribution in [2.24, 2.45) is 0 Å². The summed E-state index contributed by atoms with van der Waals surface area (Å²) in [5, 5.41) is 0. The van der Waals surface area contributed by atoms with E-state index in [4.69, 9.17) is 9.47 Å². The Hall–Kier alpha value is -1.51. The van der Waals surface area contributed by atoms with Gasteiger partial charge in [0, 0.05) is 0 Å². The van der Waals surface area contributed by atoms with E-state index in [1.54, 1.807) is 0 Å². The Bertz CT molecular complexity index is 385. The third kappa shape index (κ3) is 4.10. The lowest BCUT2D eigenvalue weighted by Crippen LogP contribution is -2.19. The number of esters is 1. The number of carbonyl (C=O) groups is 1. The van der Waals surface area contributed by atoms with E-state index >= 15 is 0 Å². The van der Waals surface area contributed by atoms with E-state index in [1.807, 2.05) is 46.8 Å². The number of hydrogen-bond acceptors (Lipinski definition) is 3. The number of aryl methyl sites for hydroxylation is 3. The van der Waals surface area contributed by atoms with Crippen LogP contribution in [0.15, 0.2) is 12.1 Å². The molecule has 3 nitrogen and oxygen atoms in total. The van der Waals surface area contributed by atoms with Crippen molar-refractivity contribution < 1.29 is 14.3 Å². The summed E-state index contributed by atoms with van der Waals surface area (Å²) in [5.41, 5.74) is 3.27. The molecule has 0 aromatic heterocycles. The van der Waals surface area contributed by atoms with E-state index < -0.39 is 0 Å². The zero-order valence-corrected chi connectivity index (χ0v) is 11.2. The molecule has 17 heavy (non-hydrogen) atoms. The van der Waals surface area contributed by atoms with E-state index in [-0.39, 0.29) is 18.7 Å². The molecule has 0 fully saturated rings. The Morgan fingerprint density at radius 1 is 1.18 bits per heavy atom. The van der Waals surface area contributed by atoms with Crippen LogP contribution < -0.4 is 4.74 Å². The monoisotopic (exact) mass is 236 g/mol. The lowest BCUT2D eigenvalue weighted by atomic mass is 10.1. The zero-order chi connectivity index (χ0) is 13.0. The van der Waals surface area contributed by atoms with Crippen LogP contribution in [0, 0.1) is 20.8 Å². The largest absolute Gasteiger partial charge is 0.481 e. The van der Waals surface area contributed by atoms with Gasteiger partial charge in [-0.1, -0.05) is 17.7 Å². The summed E-state index contributed by atoms with van der Waals surface area (Å²) in [5.74, 6) is 0.440.